The molecule has 1 aromatic heterocycles. The van der Waals surface area contributed by atoms with E-state index in [1.165, 1.54) is 0 Å². The summed E-state index contributed by atoms with van der Waals surface area (Å²) in [5, 5.41) is 7.50. The van der Waals surface area contributed by atoms with Crippen LogP contribution in [0.25, 0.3) is 0 Å². The van der Waals surface area contributed by atoms with E-state index in [2.05, 4.69) is 10.7 Å². The highest BCUT2D eigenvalue weighted by Gasteiger charge is 2.47. The van der Waals surface area contributed by atoms with Gasteiger partial charge in [0.05, 0.1) is 5.54 Å². The molecule has 20 heavy (non-hydrogen) atoms. The fourth-order valence-electron chi connectivity index (χ4n) is 2.39. The van der Waals surface area contributed by atoms with Crippen LogP contribution >= 0.6 is 11.3 Å². The molecule has 0 spiro atoms. The molecular weight excluding hydrogens is 292 g/mol. The van der Waals surface area contributed by atoms with Gasteiger partial charge in [-0.1, -0.05) is 6.92 Å². The molecule has 1 saturated heterocycles. The van der Waals surface area contributed by atoms with Gasteiger partial charge in [0.1, 0.15) is 6.17 Å². The molecule has 6 heteroatoms. The van der Waals surface area contributed by atoms with Gasteiger partial charge in [0.2, 0.25) is 5.91 Å². The number of carbonyl (C=O) groups excluding carboxylic acids is 1. The van der Waals surface area contributed by atoms with Crippen LogP contribution in [0.1, 0.15) is 38.9 Å². The fourth-order valence-corrected chi connectivity index (χ4v) is 3.44. The maximum absolute atomic E-state index is 12.7. The highest BCUT2D eigenvalue weighted by Crippen LogP contribution is 2.33. The van der Waals surface area contributed by atoms with Crippen LogP contribution in [0, 0.1) is 0 Å². The van der Waals surface area contributed by atoms with Crippen LogP contribution in [0.15, 0.2) is 16.8 Å². The first-order chi connectivity index (χ1) is 9.39. The molecule has 1 aliphatic rings. The Morgan fingerprint density at radius 3 is 2.80 bits per heavy atom. The van der Waals surface area contributed by atoms with Crippen molar-refractivity contribution in [1.29, 1.82) is 0 Å². The van der Waals surface area contributed by atoms with E-state index in [0.717, 1.165) is 12.0 Å². The summed E-state index contributed by atoms with van der Waals surface area (Å²) in [5.41, 5.74) is 0.580. The van der Waals surface area contributed by atoms with Crippen molar-refractivity contribution in [2.45, 2.75) is 44.1 Å². The molecule has 1 amide bonds. The van der Waals surface area contributed by atoms with Crippen molar-refractivity contribution in [2.24, 2.45) is 0 Å². The van der Waals surface area contributed by atoms with E-state index in [-0.39, 0.29) is 17.3 Å². The number of carbonyl (C=O) groups is 1. The number of amides is 1. The summed E-state index contributed by atoms with van der Waals surface area (Å²) in [4.78, 5) is 14.5. The van der Waals surface area contributed by atoms with Gasteiger partial charge in [-0.2, -0.15) is 11.3 Å². The number of hydrogen-bond acceptors (Lipinski definition) is 4. The highest BCUT2D eigenvalue weighted by molar-refractivity contribution is 7.84. The number of thiophene rings is 1. The first-order valence-electron chi connectivity index (χ1n) is 6.82. The third-order valence-corrected chi connectivity index (χ3v) is 6.07. The molecule has 0 saturated carbocycles. The van der Waals surface area contributed by atoms with E-state index in [1.807, 2.05) is 37.1 Å². The van der Waals surface area contributed by atoms with Crippen LogP contribution in [0.2, 0.25) is 0 Å². The van der Waals surface area contributed by atoms with Crippen molar-refractivity contribution in [3.8, 4) is 0 Å². The Balaban J connectivity index is 2.28. The summed E-state index contributed by atoms with van der Waals surface area (Å²) < 4.78 is 11.6. The molecular formula is C14H22N2O2S2. The molecule has 2 rings (SSSR count). The molecule has 0 aliphatic carbocycles. The Morgan fingerprint density at radius 2 is 2.30 bits per heavy atom. The average molecular weight is 314 g/mol. The zero-order valence-corrected chi connectivity index (χ0v) is 14.0. The van der Waals surface area contributed by atoms with Gasteiger partial charge in [-0.25, -0.2) is 0 Å². The molecule has 0 radical (unpaired) electrons. The number of nitrogens with one attached hydrogen (secondary N) is 1. The van der Waals surface area contributed by atoms with Crippen LogP contribution in [0.3, 0.4) is 0 Å². The minimum Gasteiger partial charge on any atom is -0.320 e. The predicted molar refractivity (Wildman–Crippen MR) is 84.1 cm³/mol. The van der Waals surface area contributed by atoms with E-state index in [1.54, 1.807) is 17.6 Å². The summed E-state index contributed by atoms with van der Waals surface area (Å²) in [6, 6.07) is 2.04. The number of rotatable bonds is 5. The second-order valence-electron chi connectivity index (χ2n) is 5.56. The third kappa shape index (κ3) is 2.82. The quantitative estimate of drug-likeness (QED) is 0.905. The summed E-state index contributed by atoms with van der Waals surface area (Å²) in [6.07, 6.45) is 2.33. The van der Waals surface area contributed by atoms with Crippen LogP contribution in [-0.2, 0) is 15.6 Å². The van der Waals surface area contributed by atoms with Gasteiger partial charge in [-0.3, -0.25) is 14.3 Å². The van der Waals surface area contributed by atoms with Crippen molar-refractivity contribution in [2.75, 3.05) is 12.8 Å². The summed E-state index contributed by atoms with van der Waals surface area (Å²) in [5.74, 6) is 0.105. The first kappa shape index (κ1) is 15.7. The zero-order valence-electron chi connectivity index (χ0n) is 12.4. The molecule has 4 unspecified atom stereocenters. The molecule has 0 aromatic carbocycles. The maximum Gasteiger partial charge on any atom is 0.244 e. The normalized spacial score (nSPS) is 29.7. The Labute approximate surface area is 127 Å². The lowest BCUT2D eigenvalue weighted by atomic mass is 9.99. The first-order valence-corrected chi connectivity index (χ1v) is 9.38. The topological polar surface area (TPSA) is 49.4 Å². The molecule has 4 atom stereocenters. The van der Waals surface area contributed by atoms with Crippen molar-refractivity contribution < 1.29 is 9.00 Å². The summed E-state index contributed by atoms with van der Waals surface area (Å²) in [6.45, 7) is 6.41. The Morgan fingerprint density at radius 1 is 1.60 bits per heavy atom. The second kappa shape index (κ2) is 5.95. The lowest BCUT2D eigenvalue weighted by Crippen LogP contribution is -2.43. The largest absolute Gasteiger partial charge is 0.320 e. The molecule has 1 N–H and O–H groups in total. The van der Waals surface area contributed by atoms with Gasteiger partial charge < -0.3 is 4.90 Å². The Bertz CT molecular complexity index is 503. The number of hydrogen-bond donors (Lipinski definition) is 1. The molecule has 1 aromatic rings. The standard InChI is InChI=1S/C14H22N2O2S2/c1-5-14(3)13(17)16(8-10(2)20(4)18)12(15-14)11-6-7-19-9-11/h6-7,9-10,12,15H,5,8H2,1-4H3. The smallest absolute Gasteiger partial charge is 0.244 e. The zero-order chi connectivity index (χ0) is 14.9. The predicted octanol–water partition coefficient (Wildman–Crippen LogP) is 2.11. The van der Waals surface area contributed by atoms with Crippen molar-refractivity contribution in [1.82, 2.24) is 10.2 Å². The Hall–Kier alpha value is -0.720. The molecule has 4 nitrogen and oxygen atoms in total. The lowest BCUT2D eigenvalue weighted by molar-refractivity contribution is -0.133. The van der Waals surface area contributed by atoms with E-state index < -0.39 is 16.3 Å². The summed E-state index contributed by atoms with van der Waals surface area (Å²) >= 11 is 1.62. The third-order valence-electron chi connectivity index (χ3n) is 4.09. The van der Waals surface area contributed by atoms with Gasteiger partial charge in [-0.05, 0) is 42.7 Å². The van der Waals surface area contributed by atoms with Crippen molar-refractivity contribution in [3.63, 3.8) is 0 Å². The molecule has 0 bridgehead atoms. The van der Waals surface area contributed by atoms with Gasteiger partial charge >= 0.3 is 0 Å². The lowest BCUT2D eigenvalue weighted by Gasteiger charge is -2.26. The molecule has 1 aliphatic heterocycles. The van der Waals surface area contributed by atoms with E-state index in [9.17, 15) is 9.00 Å². The minimum absolute atomic E-state index is 0.0268. The van der Waals surface area contributed by atoms with E-state index in [4.69, 9.17) is 0 Å². The van der Waals surface area contributed by atoms with E-state index in [0.29, 0.717) is 6.54 Å². The van der Waals surface area contributed by atoms with E-state index >= 15 is 0 Å². The number of nitrogens with zero attached hydrogens (tertiary/aromatic N) is 1. The molecule has 1 fully saturated rings. The monoisotopic (exact) mass is 314 g/mol. The second-order valence-corrected chi connectivity index (χ2v) is 8.14. The van der Waals surface area contributed by atoms with Crippen molar-refractivity contribution >= 4 is 28.0 Å². The average Bonchev–Trinajstić information content (AvgIpc) is 3.01. The van der Waals surface area contributed by atoms with Gasteiger partial charge in [-0.15, -0.1) is 0 Å². The SMILES string of the molecule is CCC1(C)NC(c2ccsc2)N(CC(C)S(C)=O)C1=O. The van der Waals surface area contributed by atoms with Crippen LogP contribution in [0.4, 0.5) is 0 Å². The highest BCUT2D eigenvalue weighted by atomic mass is 32.2. The van der Waals surface area contributed by atoms with Crippen LogP contribution < -0.4 is 5.32 Å². The van der Waals surface area contributed by atoms with Crippen LogP contribution in [-0.4, -0.2) is 38.6 Å². The fraction of sp³-hybridized carbons (Fsp3) is 0.643. The van der Waals surface area contributed by atoms with Gasteiger partial charge in [0.25, 0.3) is 0 Å². The maximum atomic E-state index is 12.7. The molecule has 2 heterocycles. The van der Waals surface area contributed by atoms with Gasteiger partial charge in [0, 0.05) is 28.9 Å². The van der Waals surface area contributed by atoms with Gasteiger partial charge in [0.15, 0.2) is 0 Å². The van der Waals surface area contributed by atoms with Crippen LogP contribution in [0.5, 0.6) is 0 Å². The Kier molecular flexibility index (Phi) is 4.66. The minimum atomic E-state index is -0.929. The molecule has 112 valence electrons. The van der Waals surface area contributed by atoms with Crippen molar-refractivity contribution in [3.05, 3.63) is 22.4 Å². The summed E-state index contributed by atoms with van der Waals surface area (Å²) in [7, 11) is -0.929.